The molecule has 0 radical (unpaired) electrons. The van der Waals surface area contributed by atoms with Crippen LogP contribution in [0.25, 0.3) is 0 Å². The first-order chi connectivity index (χ1) is 5.89. The van der Waals surface area contributed by atoms with Crippen LogP contribution in [0.3, 0.4) is 0 Å². The molecule has 0 aromatic rings. The Hall–Kier alpha value is 0.0900. The van der Waals surface area contributed by atoms with E-state index in [4.69, 9.17) is 0 Å². The van der Waals surface area contributed by atoms with Crippen LogP contribution in [0.15, 0.2) is 0 Å². The van der Waals surface area contributed by atoms with Crippen molar-refractivity contribution >= 4 is 29.5 Å². The van der Waals surface area contributed by atoms with E-state index in [1.807, 2.05) is 0 Å². The molecule has 1 atom stereocenters. The van der Waals surface area contributed by atoms with Crippen molar-refractivity contribution in [1.29, 1.82) is 0 Å². The molecule has 0 aliphatic rings. The molecular formula is C6H8F4OS2. The third-order valence-corrected chi connectivity index (χ3v) is 2.34. The van der Waals surface area contributed by atoms with E-state index < -0.39 is 17.5 Å². The quantitative estimate of drug-likeness (QED) is 0.459. The zero-order valence-electron chi connectivity index (χ0n) is 6.47. The molecule has 0 saturated carbocycles. The number of hydrogen-bond donors (Lipinski definition) is 1. The third-order valence-electron chi connectivity index (χ3n) is 1.04. The van der Waals surface area contributed by atoms with Gasteiger partial charge < -0.3 is 0 Å². The molecule has 1 nitrogen and oxygen atoms in total. The first-order valence-corrected chi connectivity index (χ1v) is 4.99. The van der Waals surface area contributed by atoms with E-state index in [2.05, 4.69) is 12.6 Å². The molecule has 1 unspecified atom stereocenters. The number of halogens is 4. The molecule has 0 aromatic heterocycles. The second kappa shape index (κ2) is 5.74. The smallest absolute Gasteiger partial charge is 0.283 e. The van der Waals surface area contributed by atoms with Gasteiger partial charge in [0.25, 0.3) is 6.17 Å². The highest BCUT2D eigenvalue weighted by Gasteiger charge is 2.45. The summed E-state index contributed by atoms with van der Waals surface area (Å²) in [5, 5.41) is -1.48. The normalized spacial score (nSPS) is 14.2. The van der Waals surface area contributed by atoms with Crippen molar-refractivity contribution in [3.05, 3.63) is 0 Å². The highest BCUT2D eigenvalue weighted by molar-refractivity contribution is 8.13. The molecule has 0 aliphatic heterocycles. The maximum Gasteiger partial charge on any atom is 0.427 e. The van der Waals surface area contributed by atoms with Crippen LogP contribution in [-0.4, -0.2) is 29.0 Å². The Balaban J connectivity index is 3.84. The van der Waals surface area contributed by atoms with Crippen molar-refractivity contribution in [1.82, 2.24) is 0 Å². The molecule has 0 amide bonds. The Morgan fingerprint density at radius 2 is 2.00 bits per heavy atom. The van der Waals surface area contributed by atoms with Gasteiger partial charge in [0, 0.05) is 5.75 Å². The van der Waals surface area contributed by atoms with E-state index in [-0.39, 0.29) is 5.75 Å². The number of alkyl halides is 4. The van der Waals surface area contributed by atoms with Crippen LogP contribution in [0.5, 0.6) is 0 Å². The summed E-state index contributed by atoms with van der Waals surface area (Å²) in [5.41, 5.74) is 0. The van der Waals surface area contributed by atoms with E-state index in [0.29, 0.717) is 23.9 Å². The topological polar surface area (TPSA) is 17.1 Å². The molecule has 0 saturated heterocycles. The van der Waals surface area contributed by atoms with Crippen molar-refractivity contribution in [3.63, 3.8) is 0 Å². The predicted octanol–water partition coefficient (Wildman–Crippen LogP) is 2.47. The van der Waals surface area contributed by atoms with Crippen LogP contribution in [0.2, 0.25) is 0 Å². The fourth-order valence-electron chi connectivity index (χ4n) is 0.444. The van der Waals surface area contributed by atoms with E-state index in [1.165, 1.54) is 0 Å². The monoisotopic (exact) mass is 236 g/mol. The summed E-state index contributed by atoms with van der Waals surface area (Å²) in [5.74, 6) is 0.627. The minimum atomic E-state index is -5.08. The van der Waals surface area contributed by atoms with Crippen LogP contribution in [0.4, 0.5) is 17.6 Å². The standard InChI is InChI=1S/C6H8F4OS2/c7-4(6(8,9)10)5(11)13-3-1-2-12/h4,12H,1-3H2. The SMILES string of the molecule is O=C(SCCCS)C(F)C(F)(F)F. The number of hydrogen-bond acceptors (Lipinski definition) is 3. The molecule has 13 heavy (non-hydrogen) atoms. The van der Waals surface area contributed by atoms with Gasteiger partial charge in [-0.15, -0.1) is 0 Å². The summed E-state index contributed by atoms with van der Waals surface area (Å²) >= 11 is 4.14. The Bertz CT molecular complexity index is 171. The van der Waals surface area contributed by atoms with Crippen LogP contribution in [0.1, 0.15) is 6.42 Å². The van der Waals surface area contributed by atoms with Gasteiger partial charge in [0.05, 0.1) is 0 Å². The number of carbonyl (C=O) groups excluding carboxylic acids is 1. The van der Waals surface area contributed by atoms with E-state index in [0.717, 1.165) is 0 Å². The Morgan fingerprint density at radius 3 is 2.38 bits per heavy atom. The highest BCUT2D eigenvalue weighted by atomic mass is 32.2. The van der Waals surface area contributed by atoms with Gasteiger partial charge in [-0.05, 0) is 12.2 Å². The van der Waals surface area contributed by atoms with E-state index in [1.54, 1.807) is 0 Å². The van der Waals surface area contributed by atoms with Crippen molar-refractivity contribution in [2.75, 3.05) is 11.5 Å². The van der Waals surface area contributed by atoms with E-state index >= 15 is 0 Å². The zero-order chi connectivity index (χ0) is 10.5. The summed E-state index contributed by atoms with van der Waals surface area (Å²) in [6, 6.07) is 0. The van der Waals surface area contributed by atoms with Crippen molar-refractivity contribution in [2.45, 2.75) is 18.8 Å². The second-order valence-electron chi connectivity index (χ2n) is 2.15. The zero-order valence-corrected chi connectivity index (χ0v) is 8.19. The van der Waals surface area contributed by atoms with Gasteiger partial charge in [0.1, 0.15) is 0 Å². The maximum absolute atomic E-state index is 12.2. The minimum absolute atomic E-state index is 0.166. The van der Waals surface area contributed by atoms with Crippen molar-refractivity contribution < 1.29 is 22.4 Å². The Labute approximate surface area is 82.7 Å². The number of thiol groups is 1. The first-order valence-electron chi connectivity index (χ1n) is 3.38. The Morgan fingerprint density at radius 1 is 1.46 bits per heavy atom. The highest BCUT2D eigenvalue weighted by Crippen LogP contribution is 2.27. The van der Waals surface area contributed by atoms with Crippen LogP contribution >= 0.6 is 24.4 Å². The number of rotatable bonds is 4. The van der Waals surface area contributed by atoms with Crippen LogP contribution < -0.4 is 0 Å². The lowest BCUT2D eigenvalue weighted by molar-refractivity contribution is -0.180. The number of thioether (sulfide) groups is 1. The summed E-state index contributed by atoms with van der Waals surface area (Å²) in [6.07, 6.45) is -7.97. The van der Waals surface area contributed by atoms with Gasteiger partial charge in [-0.2, -0.15) is 25.8 Å². The molecule has 78 valence electrons. The summed E-state index contributed by atoms with van der Waals surface area (Å²) in [4.78, 5) is 10.5. The van der Waals surface area contributed by atoms with Gasteiger partial charge in [0.15, 0.2) is 0 Å². The van der Waals surface area contributed by atoms with E-state index in [9.17, 15) is 22.4 Å². The molecule has 7 heteroatoms. The second-order valence-corrected chi connectivity index (χ2v) is 3.70. The lowest BCUT2D eigenvalue weighted by Crippen LogP contribution is -2.30. The first kappa shape index (κ1) is 13.1. The molecule has 0 aliphatic carbocycles. The molecule has 0 fully saturated rings. The number of carbonyl (C=O) groups is 1. The van der Waals surface area contributed by atoms with Gasteiger partial charge >= 0.3 is 6.18 Å². The van der Waals surface area contributed by atoms with Crippen LogP contribution in [-0.2, 0) is 4.79 Å². The third kappa shape index (κ3) is 5.41. The molecule has 0 spiro atoms. The summed E-state index contributed by atoms with van der Waals surface area (Å²) in [7, 11) is 0. The minimum Gasteiger partial charge on any atom is -0.283 e. The van der Waals surface area contributed by atoms with Gasteiger partial charge in [-0.1, -0.05) is 11.8 Å². The molecule has 0 rings (SSSR count). The van der Waals surface area contributed by atoms with Crippen molar-refractivity contribution in [3.8, 4) is 0 Å². The van der Waals surface area contributed by atoms with Crippen LogP contribution in [0, 0.1) is 0 Å². The van der Waals surface area contributed by atoms with Gasteiger partial charge in [-0.25, -0.2) is 4.39 Å². The lowest BCUT2D eigenvalue weighted by atomic mass is 10.4. The van der Waals surface area contributed by atoms with Crippen molar-refractivity contribution in [2.24, 2.45) is 0 Å². The largest absolute Gasteiger partial charge is 0.427 e. The molecule has 0 heterocycles. The molecule has 0 aromatic carbocycles. The Kier molecular flexibility index (Phi) is 5.78. The fraction of sp³-hybridized carbons (Fsp3) is 0.833. The summed E-state index contributed by atoms with van der Waals surface area (Å²) in [6.45, 7) is 0. The molecule has 0 bridgehead atoms. The summed E-state index contributed by atoms with van der Waals surface area (Å²) < 4.78 is 47.0. The molecular weight excluding hydrogens is 228 g/mol. The molecule has 0 N–H and O–H groups in total. The maximum atomic E-state index is 12.2. The van der Waals surface area contributed by atoms with Gasteiger partial charge in [0.2, 0.25) is 5.12 Å². The average Bonchev–Trinajstić information content (AvgIpc) is 2.01. The average molecular weight is 236 g/mol. The predicted molar refractivity (Wildman–Crippen MR) is 46.9 cm³/mol. The van der Waals surface area contributed by atoms with Gasteiger partial charge in [-0.3, -0.25) is 4.79 Å². The lowest BCUT2D eigenvalue weighted by Gasteiger charge is -2.09. The fourth-order valence-corrected chi connectivity index (χ4v) is 1.59.